The summed E-state index contributed by atoms with van der Waals surface area (Å²) in [6.45, 7) is 2.13. The van der Waals surface area contributed by atoms with Crippen LogP contribution in [-0.4, -0.2) is 32.3 Å². The minimum Gasteiger partial charge on any atom is -0.493 e. The molecular weight excluding hydrogens is 384 g/mol. The van der Waals surface area contributed by atoms with Gasteiger partial charge in [-0.1, -0.05) is 26.2 Å². The van der Waals surface area contributed by atoms with Crippen LogP contribution in [0.1, 0.15) is 54.9 Å². The molecule has 0 aromatic heterocycles. The Morgan fingerprint density at radius 1 is 0.967 bits per heavy atom. The molecule has 0 spiro atoms. The maximum absolute atomic E-state index is 12.3. The normalized spacial score (nSPS) is 10.6. The highest BCUT2D eigenvalue weighted by Gasteiger charge is 2.12. The quantitative estimate of drug-likeness (QED) is 0.195. The van der Waals surface area contributed by atoms with Crippen LogP contribution in [0.15, 0.2) is 47.6 Å². The van der Waals surface area contributed by atoms with Crippen molar-refractivity contribution in [3.05, 3.63) is 53.6 Å². The van der Waals surface area contributed by atoms with Crippen molar-refractivity contribution in [1.82, 2.24) is 5.43 Å². The van der Waals surface area contributed by atoms with Gasteiger partial charge in [0.25, 0.3) is 0 Å². The van der Waals surface area contributed by atoms with Gasteiger partial charge in [0.1, 0.15) is 5.75 Å². The van der Waals surface area contributed by atoms with Crippen molar-refractivity contribution in [2.24, 2.45) is 5.10 Å². The lowest BCUT2D eigenvalue weighted by molar-refractivity contribution is -0.121. The van der Waals surface area contributed by atoms with E-state index in [1.807, 2.05) is 0 Å². The van der Waals surface area contributed by atoms with Crippen LogP contribution in [0, 0.1) is 0 Å². The Hall–Kier alpha value is -3.35. The number of amides is 1. The van der Waals surface area contributed by atoms with Crippen LogP contribution in [-0.2, 0) is 4.79 Å². The first-order valence-corrected chi connectivity index (χ1v) is 9.93. The molecule has 0 aliphatic heterocycles. The van der Waals surface area contributed by atoms with Crippen LogP contribution in [0.5, 0.6) is 17.2 Å². The fourth-order valence-electron chi connectivity index (χ4n) is 2.70. The van der Waals surface area contributed by atoms with Crippen LogP contribution in [0.25, 0.3) is 0 Å². The van der Waals surface area contributed by atoms with Gasteiger partial charge in [-0.3, -0.25) is 4.79 Å². The number of ether oxygens (including phenoxy) is 3. The molecule has 0 saturated carbocycles. The number of carbonyl (C=O) groups is 2. The third-order valence-corrected chi connectivity index (χ3v) is 4.37. The van der Waals surface area contributed by atoms with Gasteiger partial charge in [0, 0.05) is 6.42 Å². The molecule has 1 amide bonds. The molecule has 0 bridgehead atoms. The van der Waals surface area contributed by atoms with E-state index in [2.05, 4.69) is 17.5 Å². The molecule has 1 N–H and O–H groups in total. The lowest BCUT2D eigenvalue weighted by Gasteiger charge is -2.09. The number of nitrogens with one attached hydrogen (secondary N) is 1. The van der Waals surface area contributed by atoms with Crippen molar-refractivity contribution in [2.45, 2.75) is 39.0 Å². The van der Waals surface area contributed by atoms with E-state index in [0.29, 0.717) is 29.2 Å². The lowest BCUT2D eigenvalue weighted by Crippen LogP contribution is -2.16. The number of methoxy groups -OCH3 is 2. The third kappa shape index (κ3) is 7.24. The largest absolute Gasteiger partial charge is 0.493 e. The Bertz CT molecular complexity index is 862. The Labute approximate surface area is 177 Å². The summed E-state index contributed by atoms with van der Waals surface area (Å²) in [5.41, 5.74) is 3.64. The average molecular weight is 412 g/mol. The number of benzene rings is 2. The van der Waals surface area contributed by atoms with Crippen LogP contribution >= 0.6 is 0 Å². The SMILES string of the molecule is CCCCCCC(=O)NN=Cc1ccc(OC(=O)c2ccc(OC)c(OC)c2)cc1. The first-order chi connectivity index (χ1) is 14.6. The van der Waals surface area contributed by atoms with Crippen molar-refractivity contribution in [1.29, 1.82) is 0 Å². The minimum atomic E-state index is -0.507. The molecule has 2 aromatic carbocycles. The number of carbonyl (C=O) groups excluding carboxylic acids is 2. The van der Waals surface area contributed by atoms with Crippen molar-refractivity contribution >= 4 is 18.1 Å². The molecule has 2 aromatic rings. The van der Waals surface area contributed by atoms with Crippen molar-refractivity contribution in [3.63, 3.8) is 0 Å². The van der Waals surface area contributed by atoms with Crippen molar-refractivity contribution < 1.29 is 23.8 Å². The molecule has 0 fully saturated rings. The lowest BCUT2D eigenvalue weighted by atomic mass is 10.1. The zero-order valence-electron chi connectivity index (χ0n) is 17.6. The molecule has 0 aliphatic rings. The fraction of sp³-hybridized carbons (Fsp3) is 0.348. The smallest absolute Gasteiger partial charge is 0.343 e. The van der Waals surface area contributed by atoms with E-state index in [-0.39, 0.29) is 5.91 Å². The van der Waals surface area contributed by atoms with Gasteiger partial charge in [0.2, 0.25) is 5.91 Å². The van der Waals surface area contributed by atoms with E-state index in [0.717, 1.165) is 31.2 Å². The topological polar surface area (TPSA) is 86.2 Å². The van der Waals surface area contributed by atoms with Gasteiger partial charge in [-0.15, -0.1) is 0 Å². The highest BCUT2D eigenvalue weighted by Crippen LogP contribution is 2.28. The van der Waals surface area contributed by atoms with Gasteiger partial charge >= 0.3 is 5.97 Å². The van der Waals surface area contributed by atoms with Crippen LogP contribution in [0.3, 0.4) is 0 Å². The Balaban J connectivity index is 1.87. The molecule has 30 heavy (non-hydrogen) atoms. The second kappa shape index (κ2) is 12.3. The van der Waals surface area contributed by atoms with E-state index in [1.165, 1.54) is 14.2 Å². The number of rotatable bonds is 11. The van der Waals surface area contributed by atoms with E-state index in [9.17, 15) is 9.59 Å². The van der Waals surface area contributed by atoms with Crippen LogP contribution in [0.4, 0.5) is 0 Å². The van der Waals surface area contributed by atoms with E-state index < -0.39 is 5.97 Å². The summed E-state index contributed by atoms with van der Waals surface area (Å²) >= 11 is 0. The van der Waals surface area contributed by atoms with Crippen molar-refractivity contribution in [3.8, 4) is 17.2 Å². The molecule has 2 rings (SSSR count). The first-order valence-electron chi connectivity index (χ1n) is 9.93. The van der Waals surface area contributed by atoms with Gasteiger partial charge < -0.3 is 14.2 Å². The monoisotopic (exact) mass is 412 g/mol. The van der Waals surface area contributed by atoms with Gasteiger partial charge in [-0.2, -0.15) is 5.10 Å². The third-order valence-electron chi connectivity index (χ3n) is 4.37. The Kier molecular flexibility index (Phi) is 9.37. The number of hydrogen-bond donors (Lipinski definition) is 1. The summed E-state index contributed by atoms with van der Waals surface area (Å²) in [6.07, 6.45) is 6.22. The molecule has 160 valence electrons. The van der Waals surface area contributed by atoms with Crippen molar-refractivity contribution in [2.75, 3.05) is 14.2 Å². The van der Waals surface area contributed by atoms with E-state index >= 15 is 0 Å². The maximum Gasteiger partial charge on any atom is 0.343 e. The van der Waals surface area contributed by atoms with Gasteiger partial charge in [-0.05, 0) is 54.4 Å². The van der Waals surface area contributed by atoms with Crippen LogP contribution in [0.2, 0.25) is 0 Å². The summed E-state index contributed by atoms with van der Waals surface area (Å²) in [5.74, 6) is 0.777. The zero-order valence-corrected chi connectivity index (χ0v) is 17.6. The molecule has 0 heterocycles. The van der Waals surface area contributed by atoms with E-state index in [1.54, 1.807) is 48.7 Å². The Morgan fingerprint density at radius 3 is 2.37 bits per heavy atom. The molecule has 7 heteroatoms. The predicted molar refractivity (Wildman–Crippen MR) is 115 cm³/mol. The average Bonchev–Trinajstić information content (AvgIpc) is 2.77. The summed E-state index contributed by atoms with van der Waals surface area (Å²) in [4.78, 5) is 24.0. The summed E-state index contributed by atoms with van der Waals surface area (Å²) in [5, 5.41) is 3.96. The number of esters is 1. The van der Waals surface area contributed by atoms with Gasteiger partial charge in [0.05, 0.1) is 26.0 Å². The molecule has 7 nitrogen and oxygen atoms in total. The number of hydrogen-bond acceptors (Lipinski definition) is 6. The maximum atomic E-state index is 12.3. The molecule has 0 unspecified atom stereocenters. The number of hydrazone groups is 1. The molecule has 0 atom stereocenters. The summed E-state index contributed by atoms with van der Waals surface area (Å²) in [7, 11) is 3.03. The second-order valence-corrected chi connectivity index (χ2v) is 6.63. The van der Waals surface area contributed by atoms with Crippen LogP contribution < -0.4 is 19.6 Å². The molecule has 0 saturated heterocycles. The highest BCUT2D eigenvalue weighted by molar-refractivity contribution is 5.92. The van der Waals surface area contributed by atoms with Gasteiger partial charge in [0.15, 0.2) is 11.5 Å². The first kappa shape index (κ1) is 22.9. The Morgan fingerprint density at radius 2 is 1.70 bits per heavy atom. The summed E-state index contributed by atoms with van der Waals surface area (Å²) < 4.78 is 15.8. The second-order valence-electron chi connectivity index (χ2n) is 6.63. The fourth-order valence-corrected chi connectivity index (χ4v) is 2.70. The van der Waals surface area contributed by atoms with Gasteiger partial charge in [-0.25, -0.2) is 10.2 Å². The zero-order chi connectivity index (χ0) is 21.8. The molecule has 0 radical (unpaired) electrons. The minimum absolute atomic E-state index is 0.0946. The predicted octanol–water partition coefficient (Wildman–Crippen LogP) is 4.34. The highest BCUT2D eigenvalue weighted by atomic mass is 16.5. The summed E-state index contributed by atoms with van der Waals surface area (Å²) in [6, 6.07) is 11.6. The standard InChI is InChI=1S/C23H28N2O5/c1-4-5-6-7-8-22(26)25-24-16-17-9-12-19(13-10-17)30-23(27)18-11-14-20(28-2)21(15-18)29-3/h9-16H,4-8H2,1-3H3,(H,25,26). The van der Waals surface area contributed by atoms with E-state index in [4.69, 9.17) is 14.2 Å². The molecular formula is C23H28N2O5. The molecule has 0 aliphatic carbocycles. The number of unbranched alkanes of at least 4 members (excludes halogenated alkanes) is 3. The number of nitrogens with zero attached hydrogens (tertiary/aromatic N) is 1.